The van der Waals surface area contributed by atoms with Gasteiger partial charge in [-0.3, -0.25) is 4.40 Å². The summed E-state index contributed by atoms with van der Waals surface area (Å²) >= 11 is 5.14. The number of thiazole rings is 1. The molecule has 0 spiro atoms. The van der Waals surface area contributed by atoms with E-state index in [4.69, 9.17) is 4.98 Å². The molecule has 0 saturated carbocycles. The fraction of sp³-hybridized carbons (Fsp3) is 0.0588. The first-order chi connectivity index (χ1) is 11.2. The predicted octanol–water partition coefficient (Wildman–Crippen LogP) is 5.85. The molecule has 0 aliphatic heterocycles. The smallest absolute Gasteiger partial charge is 0.187 e. The Morgan fingerprint density at radius 2 is 1.88 bits per heavy atom. The molecule has 4 aromatic rings. The van der Waals surface area contributed by atoms with E-state index in [2.05, 4.69) is 36.0 Å². The van der Waals surface area contributed by atoms with Crippen LogP contribution in [0.3, 0.4) is 0 Å². The van der Waals surface area contributed by atoms with Crippen molar-refractivity contribution in [2.75, 3.05) is 5.32 Å². The van der Waals surface area contributed by atoms with E-state index >= 15 is 0 Å². The molecule has 4 rings (SSSR count). The fourth-order valence-electron chi connectivity index (χ4n) is 2.54. The molecule has 3 aromatic heterocycles. The Bertz CT molecular complexity index is 979. The normalized spacial score (nSPS) is 10.6. The summed E-state index contributed by atoms with van der Waals surface area (Å²) in [6, 6.07) is 14.0. The Morgan fingerprint density at radius 1 is 1.08 bits per heavy atom. The van der Waals surface area contributed by atoms with Gasteiger partial charge in [-0.25, -0.2) is 9.97 Å². The molecule has 4 nitrogen and oxygen atoms in total. The number of aromatic nitrogens is 3. The van der Waals surface area contributed by atoms with Crippen LogP contribution in [0.2, 0.25) is 0 Å². The molecule has 0 fully saturated rings. The Balaban J connectivity index is 0.00000169. The standard InChI is InChI=1S/C17H13BrN4S.BrH/c1-11-15(22-9-5-8-13(18)16(22)19-11)14-10-23-17(21-14)20-12-6-3-2-4-7-12;/h2-10H,1H3,(H,20,21);1H. The minimum Gasteiger partial charge on any atom is -0.332 e. The van der Waals surface area contributed by atoms with E-state index in [1.807, 2.05) is 55.6 Å². The molecule has 0 amide bonds. The third kappa shape index (κ3) is 3.11. The molecule has 24 heavy (non-hydrogen) atoms. The highest BCUT2D eigenvalue weighted by Crippen LogP contribution is 2.31. The predicted molar refractivity (Wildman–Crippen MR) is 109 cm³/mol. The van der Waals surface area contributed by atoms with Crippen LogP contribution in [0.15, 0.2) is 58.5 Å². The summed E-state index contributed by atoms with van der Waals surface area (Å²) in [5.74, 6) is 0. The van der Waals surface area contributed by atoms with Crippen molar-refractivity contribution in [1.82, 2.24) is 14.4 Å². The first-order valence-corrected chi connectivity index (χ1v) is 8.81. The summed E-state index contributed by atoms with van der Waals surface area (Å²) < 4.78 is 3.05. The first-order valence-electron chi connectivity index (χ1n) is 7.13. The van der Waals surface area contributed by atoms with Crippen LogP contribution in [-0.2, 0) is 0 Å². The maximum Gasteiger partial charge on any atom is 0.187 e. The number of fused-ring (bicyclic) bond motifs is 1. The highest BCUT2D eigenvalue weighted by atomic mass is 79.9. The minimum atomic E-state index is 0. The van der Waals surface area contributed by atoms with Crippen LogP contribution in [0.4, 0.5) is 10.8 Å². The van der Waals surface area contributed by atoms with Crippen molar-refractivity contribution >= 4 is 60.7 Å². The lowest BCUT2D eigenvalue weighted by Gasteiger charge is -2.02. The van der Waals surface area contributed by atoms with Gasteiger partial charge in [0.2, 0.25) is 0 Å². The van der Waals surface area contributed by atoms with Gasteiger partial charge in [0.1, 0.15) is 5.69 Å². The number of rotatable bonds is 3. The van der Waals surface area contributed by atoms with Gasteiger partial charge in [-0.1, -0.05) is 18.2 Å². The van der Waals surface area contributed by atoms with Crippen LogP contribution in [0, 0.1) is 6.92 Å². The lowest BCUT2D eigenvalue weighted by molar-refractivity contribution is 1.17. The molecule has 1 aromatic carbocycles. The maximum absolute atomic E-state index is 4.72. The summed E-state index contributed by atoms with van der Waals surface area (Å²) in [6.45, 7) is 2.01. The van der Waals surface area contributed by atoms with E-state index in [0.717, 1.165) is 38.0 Å². The molecule has 1 N–H and O–H groups in total. The molecule has 3 heterocycles. The number of nitrogens with one attached hydrogen (secondary N) is 1. The van der Waals surface area contributed by atoms with E-state index in [0.29, 0.717) is 0 Å². The van der Waals surface area contributed by atoms with Crippen molar-refractivity contribution < 1.29 is 0 Å². The molecular weight excluding hydrogens is 452 g/mol. The second kappa shape index (κ2) is 7.04. The van der Waals surface area contributed by atoms with Gasteiger partial charge >= 0.3 is 0 Å². The van der Waals surface area contributed by atoms with E-state index in [1.165, 1.54) is 0 Å². The Labute approximate surface area is 162 Å². The summed E-state index contributed by atoms with van der Waals surface area (Å²) in [7, 11) is 0. The fourth-order valence-corrected chi connectivity index (χ4v) is 3.69. The highest BCUT2D eigenvalue weighted by molar-refractivity contribution is 9.10. The monoisotopic (exact) mass is 464 g/mol. The van der Waals surface area contributed by atoms with Crippen LogP contribution in [-0.4, -0.2) is 14.4 Å². The zero-order valence-electron chi connectivity index (χ0n) is 12.7. The van der Waals surface area contributed by atoms with Crippen LogP contribution in [0.1, 0.15) is 5.69 Å². The van der Waals surface area contributed by atoms with Crippen molar-refractivity contribution in [3.05, 3.63) is 64.2 Å². The minimum absolute atomic E-state index is 0. The lowest BCUT2D eigenvalue weighted by Crippen LogP contribution is -1.91. The Kier molecular flexibility index (Phi) is 5.03. The summed E-state index contributed by atoms with van der Waals surface area (Å²) in [5.41, 5.74) is 4.86. The van der Waals surface area contributed by atoms with E-state index in [9.17, 15) is 0 Å². The van der Waals surface area contributed by atoms with Gasteiger partial charge in [-0.2, -0.15) is 0 Å². The van der Waals surface area contributed by atoms with E-state index in [1.54, 1.807) is 11.3 Å². The van der Waals surface area contributed by atoms with Crippen molar-refractivity contribution in [2.24, 2.45) is 0 Å². The quantitative estimate of drug-likeness (QED) is 0.412. The first kappa shape index (κ1) is 17.1. The maximum atomic E-state index is 4.72. The van der Waals surface area contributed by atoms with Crippen LogP contribution < -0.4 is 5.32 Å². The molecule has 7 heteroatoms. The number of imidazole rings is 1. The molecule has 0 aliphatic rings. The average molecular weight is 466 g/mol. The third-order valence-corrected chi connectivity index (χ3v) is 4.93. The molecule has 122 valence electrons. The molecule has 0 radical (unpaired) electrons. The number of aryl methyl sites for hydroxylation is 1. The second-order valence-electron chi connectivity index (χ2n) is 5.12. The van der Waals surface area contributed by atoms with Crippen LogP contribution >= 0.6 is 44.2 Å². The van der Waals surface area contributed by atoms with E-state index < -0.39 is 0 Å². The van der Waals surface area contributed by atoms with Crippen LogP contribution in [0.5, 0.6) is 0 Å². The van der Waals surface area contributed by atoms with Gasteiger partial charge in [0.15, 0.2) is 10.8 Å². The van der Waals surface area contributed by atoms with Crippen LogP contribution in [0.25, 0.3) is 17.0 Å². The highest BCUT2D eigenvalue weighted by Gasteiger charge is 2.15. The topological polar surface area (TPSA) is 42.2 Å². The lowest BCUT2D eigenvalue weighted by atomic mass is 10.3. The number of benzene rings is 1. The SMILES string of the molecule is Br.Cc1nc2c(Br)cccn2c1-c1csc(Nc2ccccc2)n1. The largest absolute Gasteiger partial charge is 0.332 e. The third-order valence-electron chi connectivity index (χ3n) is 3.55. The van der Waals surface area contributed by atoms with Gasteiger partial charge in [0.25, 0.3) is 0 Å². The zero-order valence-corrected chi connectivity index (χ0v) is 16.8. The van der Waals surface area contributed by atoms with Crippen molar-refractivity contribution in [1.29, 1.82) is 0 Å². The van der Waals surface area contributed by atoms with Crippen molar-refractivity contribution in [3.63, 3.8) is 0 Å². The van der Waals surface area contributed by atoms with Gasteiger partial charge in [0, 0.05) is 17.3 Å². The number of pyridine rings is 1. The van der Waals surface area contributed by atoms with E-state index in [-0.39, 0.29) is 17.0 Å². The molecule has 0 aliphatic carbocycles. The number of hydrogen-bond donors (Lipinski definition) is 1. The number of halogens is 2. The molecule has 0 atom stereocenters. The Hall–Kier alpha value is -1.70. The number of hydrogen-bond acceptors (Lipinski definition) is 4. The van der Waals surface area contributed by atoms with Gasteiger partial charge in [-0.05, 0) is 47.1 Å². The Morgan fingerprint density at radius 3 is 2.67 bits per heavy atom. The molecule has 0 saturated heterocycles. The second-order valence-corrected chi connectivity index (χ2v) is 6.84. The average Bonchev–Trinajstić information content (AvgIpc) is 3.13. The van der Waals surface area contributed by atoms with Crippen molar-refractivity contribution in [2.45, 2.75) is 6.92 Å². The van der Waals surface area contributed by atoms with Gasteiger partial charge in [-0.15, -0.1) is 28.3 Å². The van der Waals surface area contributed by atoms with Gasteiger partial charge in [0.05, 0.1) is 15.9 Å². The van der Waals surface area contributed by atoms with Crippen molar-refractivity contribution in [3.8, 4) is 11.4 Å². The number of nitrogens with zero attached hydrogens (tertiary/aromatic N) is 3. The molecular formula is C17H14Br2N4S. The summed E-state index contributed by atoms with van der Waals surface area (Å²) in [4.78, 5) is 9.36. The summed E-state index contributed by atoms with van der Waals surface area (Å²) in [6.07, 6.45) is 2.01. The zero-order chi connectivity index (χ0) is 15.8. The van der Waals surface area contributed by atoms with Gasteiger partial charge < -0.3 is 5.32 Å². The number of anilines is 2. The molecule has 0 unspecified atom stereocenters. The number of para-hydroxylation sites is 1. The summed E-state index contributed by atoms with van der Waals surface area (Å²) in [5, 5.41) is 6.26. The molecule has 0 bridgehead atoms.